The lowest BCUT2D eigenvalue weighted by atomic mass is 10.3. The molecule has 1 heterocycles. The number of aromatic nitrogens is 2. The second-order valence-corrected chi connectivity index (χ2v) is 4.62. The van der Waals surface area contributed by atoms with E-state index in [0.717, 1.165) is 6.54 Å². The van der Waals surface area contributed by atoms with E-state index in [2.05, 4.69) is 20.6 Å². The molecule has 20 heavy (non-hydrogen) atoms. The third-order valence-corrected chi connectivity index (χ3v) is 2.58. The fourth-order valence-corrected chi connectivity index (χ4v) is 1.71. The van der Waals surface area contributed by atoms with Gasteiger partial charge in [0.25, 0.3) is 0 Å². The molecule has 0 aliphatic heterocycles. The van der Waals surface area contributed by atoms with E-state index >= 15 is 0 Å². The molecule has 2 N–H and O–H groups in total. The molecule has 0 spiro atoms. The Morgan fingerprint density at radius 3 is 2.60 bits per heavy atom. The summed E-state index contributed by atoms with van der Waals surface area (Å²) >= 11 is 0. The van der Waals surface area contributed by atoms with Gasteiger partial charge in [-0.15, -0.1) is 0 Å². The molecular weight excluding hydrogens is 258 g/mol. The highest BCUT2D eigenvalue weighted by atomic mass is 16.5. The molecule has 0 radical (unpaired) electrons. The molecule has 1 amide bonds. The summed E-state index contributed by atoms with van der Waals surface area (Å²) in [6, 6.07) is 1.42. The van der Waals surface area contributed by atoms with E-state index in [-0.39, 0.29) is 11.9 Å². The van der Waals surface area contributed by atoms with E-state index in [0.29, 0.717) is 24.1 Å². The van der Waals surface area contributed by atoms with Crippen LogP contribution in [-0.4, -0.2) is 54.6 Å². The first-order valence-electron chi connectivity index (χ1n) is 6.56. The molecule has 0 aliphatic carbocycles. The lowest BCUT2D eigenvalue weighted by molar-refractivity contribution is -0.129. The first-order chi connectivity index (χ1) is 9.47. The van der Waals surface area contributed by atoms with E-state index in [9.17, 15) is 4.79 Å². The van der Waals surface area contributed by atoms with E-state index in [1.165, 1.54) is 0 Å². The number of rotatable bonds is 7. The molecule has 1 atom stereocenters. The molecule has 0 aliphatic rings. The standard InChI is InChI=1S/C13H23N5O2/c1-6-14-10-7-11(17-12(16-10)8-20-5)15-9(2)13(19)18(3)4/h7,9H,6,8H2,1-5H3,(H2,14,15,16,17). The fourth-order valence-electron chi connectivity index (χ4n) is 1.71. The number of nitrogens with zero attached hydrogens (tertiary/aromatic N) is 3. The normalized spacial score (nSPS) is 11.8. The topological polar surface area (TPSA) is 79.4 Å². The minimum atomic E-state index is -0.357. The zero-order valence-corrected chi connectivity index (χ0v) is 12.7. The fraction of sp³-hybridized carbons (Fsp3) is 0.615. The first-order valence-corrected chi connectivity index (χ1v) is 6.56. The summed E-state index contributed by atoms with van der Waals surface area (Å²) < 4.78 is 5.05. The van der Waals surface area contributed by atoms with Crippen LogP contribution in [0.15, 0.2) is 6.07 Å². The van der Waals surface area contributed by atoms with Gasteiger partial charge in [-0.3, -0.25) is 4.79 Å². The number of anilines is 2. The van der Waals surface area contributed by atoms with Gasteiger partial charge in [0.2, 0.25) is 5.91 Å². The Balaban J connectivity index is 2.89. The van der Waals surface area contributed by atoms with Crippen LogP contribution in [0.5, 0.6) is 0 Å². The molecule has 112 valence electrons. The second-order valence-electron chi connectivity index (χ2n) is 4.62. The number of likely N-dealkylation sites (N-methyl/N-ethyl adjacent to an activating group) is 1. The quantitative estimate of drug-likeness (QED) is 0.774. The van der Waals surface area contributed by atoms with Crippen LogP contribution in [0.1, 0.15) is 19.7 Å². The van der Waals surface area contributed by atoms with Gasteiger partial charge in [-0.1, -0.05) is 0 Å². The van der Waals surface area contributed by atoms with Crippen LogP contribution in [0.25, 0.3) is 0 Å². The number of hydrogen-bond acceptors (Lipinski definition) is 6. The van der Waals surface area contributed by atoms with Gasteiger partial charge in [-0.2, -0.15) is 0 Å². The van der Waals surface area contributed by atoms with Gasteiger partial charge in [0.1, 0.15) is 24.3 Å². The number of amides is 1. The summed E-state index contributed by atoms with van der Waals surface area (Å²) in [6.07, 6.45) is 0. The van der Waals surface area contributed by atoms with E-state index < -0.39 is 0 Å². The van der Waals surface area contributed by atoms with Crippen molar-refractivity contribution in [1.29, 1.82) is 0 Å². The molecule has 0 saturated carbocycles. The van der Waals surface area contributed by atoms with Gasteiger partial charge in [0, 0.05) is 33.8 Å². The van der Waals surface area contributed by atoms with Crippen molar-refractivity contribution in [2.75, 3.05) is 38.4 Å². The minimum Gasteiger partial charge on any atom is -0.377 e. The van der Waals surface area contributed by atoms with E-state index in [1.54, 1.807) is 39.1 Å². The molecule has 7 heteroatoms. The number of carbonyl (C=O) groups is 1. The van der Waals surface area contributed by atoms with Gasteiger partial charge in [-0.05, 0) is 13.8 Å². The molecule has 0 bridgehead atoms. The van der Waals surface area contributed by atoms with E-state index in [4.69, 9.17) is 4.74 Å². The Bertz CT molecular complexity index is 426. The van der Waals surface area contributed by atoms with Crippen LogP contribution in [0.4, 0.5) is 11.6 Å². The van der Waals surface area contributed by atoms with Gasteiger partial charge in [0.15, 0.2) is 5.82 Å². The number of carbonyl (C=O) groups excluding carboxylic acids is 1. The highest BCUT2D eigenvalue weighted by Gasteiger charge is 2.15. The van der Waals surface area contributed by atoms with Crippen molar-refractivity contribution in [3.05, 3.63) is 11.9 Å². The predicted molar refractivity (Wildman–Crippen MR) is 78.7 cm³/mol. The van der Waals surface area contributed by atoms with Gasteiger partial charge in [-0.25, -0.2) is 9.97 Å². The van der Waals surface area contributed by atoms with Crippen LogP contribution in [0, 0.1) is 0 Å². The summed E-state index contributed by atoms with van der Waals surface area (Å²) in [4.78, 5) is 22.0. The molecule has 0 fully saturated rings. The van der Waals surface area contributed by atoms with Crippen LogP contribution >= 0.6 is 0 Å². The number of hydrogen-bond donors (Lipinski definition) is 2. The highest BCUT2D eigenvalue weighted by molar-refractivity contribution is 5.83. The molecule has 1 unspecified atom stereocenters. The molecule has 1 aromatic rings. The van der Waals surface area contributed by atoms with Gasteiger partial charge in [0.05, 0.1) is 0 Å². The predicted octanol–water partition coefficient (Wildman–Crippen LogP) is 0.943. The molecule has 1 rings (SSSR count). The van der Waals surface area contributed by atoms with Crippen molar-refractivity contribution in [3.8, 4) is 0 Å². The van der Waals surface area contributed by atoms with Crippen LogP contribution in [0.2, 0.25) is 0 Å². The maximum atomic E-state index is 11.8. The first kappa shape index (κ1) is 16.2. The van der Waals surface area contributed by atoms with Crippen molar-refractivity contribution in [2.45, 2.75) is 26.5 Å². The van der Waals surface area contributed by atoms with E-state index in [1.807, 2.05) is 6.92 Å². The largest absolute Gasteiger partial charge is 0.377 e. The average molecular weight is 281 g/mol. The van der Waals surface area contributed by atoms with Crippen molar-refractivity contribution in [1.82, 2.24) is 14.9 Å². The Morgan fingerprint density at radius 2 is 2.05 bits per heavy atom. The minimum absolute atomic E-state index is 0.0121. The summed E-state index contributed by atoms with van der Waals surface area (Å²) in [5.41, 5.74) is 0. The molecule has 1 aromatic heterocycles. The number of methoxy groups -OCH3 is 1. The zero-order chi connectivity index (χ0) is 15.1. The molecule has 0 saturated heterocycles. The molecule has 0 aromatic carbocycles. The number of ether oxygens (including phenoxy) is 1. The lowest BCUT2D eigenvalue weighted by Crippen LogP contribution is -2.36. The van der Waals surface area contributed by atoms with Crippen molar-refractivity contribution in [2.24, 2.45) is 0 Å². The summed E-state index contributed by atoms with van der Waals surface area (Å²) in [5.74, 6) is 1.87. The summed E-state index contributed by atoms with van der Waals surface area (Å²) in [6.45, 7) is 4.87. The second kappa shape index (κ2) is 7.64. The third-order valence-electron chi connectivity index (χ3n) is 2.58. The number of nitrogens with one attached hydrogen (secondary N) is 2. The van der Waals surface area contributed by atoms with Crippen LogP contribution < -0.4 is 10.6 Å². The van der Waals surface area contributed by atoms with Crippen LogP contribution in [0.3, 0.4) is 0 Å². The van der Waals surface area contributed by atoms with Crippen LogP contribution in [-0.2, 0) is 16.1 Å². The smallest absolute Gasteiger partial charge is 0.244 e. The zero-order valence-electron chi connectivity index (χ0n) is 12.7. The summed E-state index contributed by atoms with van der Waals surface area (Å²) in [7, 11) is 5.04. The molecular formula is C13H23N5O2. The average Bonchev–Trinajstić information content (AvgIpc) is 2.38. The lowest BCUT2D eigenvalue weighted by Gasteiger charge is -2.19. The SMILES string of the molecule is CCNc1cc(NC(C)C(=O)N(C)C)nc(COC)n1. The Morgan fingerprint density at radius 1 is 1.40 bits per heavy atom. The Labute approximate surface area is 119 Å². The summed E-state index contributed by atoms with van der Waals surface area (Å²) in [5, 5.41) is 6.21. The van der Waals surface area contributed by atoms with Crippen molar-refractivity contribution >= 4 is 17.5 Å². The highest BCUT2D eigenvalue weighted by Crippen LogP contribution is 2.13. The monoisotopic (exact) mass is 281 g/mol. The van der Waals surface area contributed by atoms with Crippen molar-refractivity contribution < 1.29 is 9.53 Å². The van der Waals surface area contributed by atoms with Gasteiger partial charge < -0.3 is 20.3 Å². The Hall–Kier alpha value is -1.89. The third kappa shape index (κ3) is 4.65. The maximum absolute atomic E-state index is 11.8. The van der Waals surface area contributed by atoms with Crippen molar-refractivity contribution in [3.63, 3.8) is 0 Å². The Kier molecular flexibility index (Phi) is 6.17. The maximum Gasteiger partial charge on any atom is 0.244 e. The van der Waals surface area contributed by atoms with Gasteiger partial charge >= 0.3 is 0 Å². The molecule has 7 nitrogen and oxygen atoms in total.